The summed E-state index contributed by atoms with van der Waals surface area (Å²) in [7, 11) is 0. The molecular weight excluding hydrogens is 444 g/mol. The van der Waals surface area contributed by atoms with Gasteiger partial charge < -0.3 is 36.8 Å². The molecule has 13 heteroatoms. The van der Waals surface area contributed by atoms with Crippen molar-refractivity contribution in [2.75, 3.05) is 25.4 Å². The fourth-order valence-electron chi connectivity index (χ4n) is 4.81. The molecule has 7 atom stereocenters. The van der Waals surface area contributed by atoms with Crippen LogP contribution in [0.4, 0.5) is 5.82 Å². The highest BCUT2D eigenvalue weighted by Gasteiger charge is 2.45. The molecule has 0 aliphatic carbocycles. The molecule has 13 nitrogen and oxygen atoms in total. The maximum Gasteiger partial charge on any atom is 0.320 e. The van der Waals surface area contributed by atoms with Gasteiger partial charge in [-0.2, -0.15) is 0 Å². The van der Waals surface area contributed by atoms with E-state index in [9.17, 15) is 20.1 Å². The first kappa shape index (κ1) is 24.7. The smallest absolute Gasteiger partial charge is 0.320 e. The number of nitrogens with zero attached hydrogens (tertiary/aromatic N) is 5. The Bertz CT molecular complexity index is 981. The van der Waals surface area contributed by atoms with Gasteiger partial charge in [0, 0.05) is 31.7 Å². The second-order valence-electron chi connectivity index (χ2n) is 9.10. The lowest BCUT2D eigenvalue weighted by atomic mass is 9.97. The van der Waals surface area contributed by atoms with Crippen LogP contribution in [0.25, 0.3) is 11.2 Å². The van der Waals surface area contributed by atoms with Crippen LogP contribution in [-0.4, -0.2) is 102 Å². The number of carbonyl (C=O) groups is 1. The average Bonchev–Trinajstić information content (AvgIpc) is 3.38. The van der Waals surface area contributed by atoms with Crippen molar-refractivity contribution in [2.24, 2.45) is 5.73 Å². The number of piperidine rings is 1. The molecule has 0 bridgehead atoms. The van der Waals surface area contributed by atoms with Crippen LogP contribution in [-0.2, 0) is 9.53 Å². The Balaban J connectivity index is 1.49. The minimum atomic E-state index is -1.21. The molecule has 0 aromatic carbocycles. The van der Waals surface area contributed by atoms with E-state index < -0.39 is 36.6 Å². The van der Waals surface area contributed by atoms with Crippen LogP contribution in [0, 0.1) is 0 Å². The SMILES string of the molecule is CCC1CCC(N(CC[C@H](N)C(=O)O)C[C@H]2O[C@@H](n3cnc4c(N)ncnc43)[C@H](O)[C@@H]2O)CN1. The van der Waals surface area contributed by atoms with Gasteiger partial charge in [-0.1, -0.05) is 6.92 Å². The highest BCUT2D eigenvalue weighted by atomic mass is 16.6. The summed E-state index contributed by atoms with van der Waals surface area (Å²) < 4.78 is 7.65. The molecule has 2 aliphatic rings. The number of rotatable bonds is 9. The van der Waals surface area contributed by atoms with Gasteiger partial charge in [0.2, 0.25) is 0 Å². The van der Waals surface area contributed by atoms with E-state index in [2.05, 4.69) is 32.1 Å². The second-order valence-corrected chi connectivity index (χ2v) is 9.10. The first-order chi connectivity index (χ1) is 16.3. The lowest BCUT2D eigenvalue weighted by Crippen LogP contribution is -2.53. The topological polar surface area (TPSA) is 198 Å². The van der Waals surface area contributed by atoms with E-state index in [1.807, 2.05) is 0 Å². The summed E-state index contributed by atoms with van der Waals surface area (Å²) in [6.45, 7) is 3.64. The number of nitrogens with two attached hydrogens (primary N) is 2. The molecule has 34 heavy (non-hydrogen) atoms. The van der Waals surface area contributed by atoms with Crippen molar-refractivity contribution in [2.45, 2.75) is 75.3 Å². The summed E-state index contributed by atoms with van der Waals surface area (Å²) >= 11 is 0. The third kappa shape index (κ3) is 4.99. The molecule has 0 amide bonds. The van der Waals surface area contributed by atoms with Crippen molar-refractivity contribution in [1.29, 1.82) is 0 Å². The molecule has 2 aromatic rings. The molecule has 0 saturated carbocycles. The Morgan fingerprint density at radius 2 is 2.12 bits per heavy atom. The molecule has 4 heterocycles. The molecule has 0 radical (unpaired) electrons. The predicted octanol–water partition coefficient (Wildman–Crippen LogP) is -1.34. The van der Waals surface area contributed by atoms with Crippen LogP contribution in [0.2, 0.25) is 0 Å². The lowest BCUT2D eigenvalue weighted by Gasteiger charge is -2.39. The number of fused-ring (bicyclic) bond motifs is 1. The van der Waals surface area contributed by atoms with Crippen molar-refractivity contribution >= 4 is 23.0 Å². The molecule has 0 spiro atoms. The van der Waals surface area contributed by atoms with Crippen LogP contribution in [0.5, 0.6) is 0 Å². The Kier molecular flexibility index (Phi) is 7.60. The van der Waals surface area contributed by atoms with E-state index in [-0.39, 0.29) is 18.3 Å². The molecule has 2 fully saturated rings. The first-order valence-electron chi connectivity index (χ1n) is 11.7. The van der Waals surface area contributed by atoms with E-state index >= 15 is 0 Å². The number of hydrogen-bond donors (Lipinski definition) is 6. The standard InChI is InChI=1S/C21H34N8O5/c1-2-11-3-4-12(7-24-11)28(6-5-13(22)21(32)33)8-14-16(30)17(31)20(34-14)29-10-27-15-18(23)25-9-26-19(15)29/h9-14,16-17,20,24,30-31H,2-8,22H2,1H3,(H,32,33)(H2,23,25,26)/t11?,12?,13-,14+,16+,17+,20+/m0/s1. The average molecular weight is 479 g/mol. The van der Waals surface area contributed by atoms with Crippen LogP contribution >= 0.6 is 0 Å². The zero-order valence-electron chi connectivity index (χ0n) is 19.2. The molecule has 4 rings (SSSR count). The minimum absolute atomic E-state index is 0.136. The fraction of sp³-hybridized carbons (Fsp3) is 0.714. The Morgan fingerprint density at radius 3 is 2.79 bits per heavy atom. The Morgan fingerprint density at radius 1 is 1.32 bits per heavy atom. The summed E-state index contributed by atoms with van der Waals surface area (Å²) in [4.78, 5) is 25.7. The summed E-state index contributed by atoms with van der Waals surface area (Å²) in [6, 6.07) is -0.377. The summed E-state index contributed by atoms with van der Waals surface area (Å²) in [5.41, 5.74) is 12.4. The quantitative estimate of drug-likeness (QED) is 0.248. The van der Waals surface area contributed by atoms with Gasteiger partial charge in [0.15, 0.2) is 17.7 Å². The molecule has 2 saturated heterocycles. The van der Waals surface area contributed by atoms with E-state index in [1.54, 1.807) is 4.57 Å². The van der Waals surface area contributed by atoms with Crippen molar-refractivity contribution < 1.29 is 24.9 Å². The number of aliphatic hydroxyl groups excluding tert-OH is 2. The van der Waals surface area contributed by atoms with Gasteiger partial charge >= 0.3 is 5.97 Å². The van der Waals surface area contributed by atoms with Crippen molar-refractivity contribution in [3.05, 3.63) is 12.7 Å². The predicted molar refractivity (Wildman–Crippen MR) is 123 cm³/mol. The van der Waals surface area contributed by atoms with Crippen LogP contribution in [0.3, 0.4) is 0 Å². The van der Waals surface area contributed by atoms with Crippen molar-refractivity contribution in [1.82, 2.24) is 29.7 Å². The van der Waals surface area contributed by atoms with Crippen molar-refractivity contribution in [3.8, 4) is 0 Å². The van der Waals surface area contributed by atoms with Gasteiger partial charge in [-0.3, -0.25) is 14.3 Å². The number of aliphatic hydroxyl groups is 2. The van der Waals surface area contributed by atoms with E-state index in [0.29, 0.717) is 30.3 Å². The maximum absolute atomic E-state index is 11.2. The maximum atomic E-state index is 11.2. The van der Waals surface area contributed by atoms with Gasteiger partial charge in [0.1, 0.15) is 36.2 Å². The molecule has 2 aliphatic heterocycles. The monoisotopic (exact) mass is 478 g/mol. The second kappa shape index (κ2) is 10.5. The van der Waals surface area contributed by atoms with Gasteiger partial charge in [0.25, 0.3) is 0 Å². The molecular formula is C21H34N8O5. The number of carboxylic acids is 1. The van der Waals surface area contributed by atoms with Crippen LogP contribution in [0.1, 0.15) is 38.8 Å². The first-order valence-corrected chi connectivity index (χ1v) is 11.7. The molecule has 2 aromatic heterocycles. The van der Waals surface area contributed by atoms with E-state index in [4.69, 9.17) is 16.2 Å². The normalized spacial score (nSPS) is 30.7. The number of aromatic nitrogens is 4. The number of nitrogen functional groups attached to an aromatic ring is 1. The summed E-state index contributed by atoms with van der Waals surface area (Å²) in [6.07, 6.45) is 2.03. The minimum Gasteiger partial charge on any atom is -0.480 e. The number of aliphatic carboxylic acids is 1. The van der Waals surface area contributed by atoms with Crippen LogP contribution in [0.15, 0.2) is 12.7 Å². The molecule has 2 unspecified atom stereocenters. The number of imidazole rings is 1. The third-order valence-electron chi connectivity index (χ3n) is 6.96. The van der Waals surface area contributed by atoms with Gasteiger partial charge in [0.05, 0.1) is 6.33 Å². The number of anilines is 1. The van der Waals surface area contributed by atoms with Crippen LogP contribution < -0.4 is 16.8 Å². The van der Waals surface area contributed by atoms with Crippen molar-refractivity contribution in [3.63, 3.8) is 0 Å². The highest BCUT2D eigenvalue weighted by molar-refractivity contribution is 5.81. The zero-order valence-corrected chi connectivity index (χ0v) is 19.2. The van der Waals surface area contributed by atoms with Gasteiger partial charge in [-0.25, -0.2) is 15.0 Å². The molecule has 8 N–H and O–H groups in total. The number of hydrogen-bond acceptors (Lipinski definition) is 11. The molecule has 188 valence electrons. The largest absolute Gasteiger partial charge is 0.480 e. The van der Waals surface area contributed by atoms with Gasteiger partial charge in [-0.05, 0) is 25.7 Å². The Hall–Kier alpha value is -2.42. The number of carboxylic acid groups (broad SMARTS) is 1. The third-order valence-corrected chi connectivity index (χ3v) is 6.96. The number of ether oxygens (including phenoxy) is 1. The highest BCUT2D eigenvalue weighted by Crippen LogP contribution is 2.33. The Labute approximate surface area is 197 Å². The fourth-order valence-corrected chi connectivity index (χ4v) is 4.81. The zero-order chi connectivity index (χ0) is 24.4. The number of nitrogens with one attached hydrogen (secondary N) is 1. The lowest BCUT2D eigenvalue weighted by molar-refractivity contribution is -0.138. The van der Waals surface area contributed by atoms with Gasteiger partial charge in [-0.15, -0.1) is 0 Å². The summed E-state index contributed by atoms with van der Waals surface area (Å²) in [5.74, 6) is -0.835. The van der Waals surface area contributed by atoms with E-state index in [1.165, 1.54) is 12.7 Å². The van der Waals surface area contributed by atoms with E-state index in [0.717, 1.165) is 25.8 Å². The summed E-state index contributed by atoms with van der Waals surface area (Å²) in [5, 5.41) is 34.3.